The molecule has 0 aliphatic rings. The van der Waals surface area contributed by atoms with Crippen molar-refractivity contribution in [1.82, 2.24) is 4.98 Å². The molecule has 66 valence electrons. The fraction of sp³-hybridized carbons (Fsp3) is 0.444. The van der Waals surface area contributed by atoms with Crippen molar-refractivity contribution in [3.05, 3.63) is 27.7 Å². The lowest BCUT2D eigenvalue weighted by Crippen LogP contribution is -2.06. The summed E-state index contributed by atoms with van der Waals surface area (Å²) < 4.78 is 0. The molecule has 0 spiro atoms. The van der Waals surface area contributed by atoms with Crippen LogP contribution in [0.25, 0.3) is 0 Å². The van der Waals surface area contributed by atoms with Crippen molar-refractivity contribution in [1.29, 1.82) is 0 Å². The molecule has 1 heterocycles. The van der Waals surface area contributed by atoms with Gasteiger partial charge in [-0.1, -0.05) is 11.6 Å². The van der Waals surface area contributed by atoms with Crippen molar-refractivity contribution in [3.63, 3.8) is 0 Å². The Morgan fingerprint density at radius 3 is 2.75 bits per heavy atom. The summed E-state index contributed by atoms with van der Waals surface area (Å²) in [5, 5.41) is 0. The molecule has 0 bridgehead atoms. The number of nitrogens with two attached hydrogens (primary N) is 1. The molecule has 1 atom stereocenters. The van der Waals surface area contributed by atoms with E-state index >= 15 is 0 Å². The van der Waals surface area contributed by atoms with Crippen molar-refractivity contribution >= 4 is 11.3 Å². The Kier molecular flexibility index (Phi) is 3.00. The second-order valence-electron chi connectivity index (χ2n) is 3.07. The molecule has 0 fully saturated rings. The van der Waals surface area contributed by atoms with Gasteiger partial charge in [-0.2, -0.15) is 0 Å². The van der Waals surface area contributed by atoms with Crippen LogP contribution in [-0.4, -0.2) is 4.98 Å². The van der Waals surface area contributed by atoms with Crippen LogP contribution in [0.2, 0.25) is 0 Å². The van der Waals surface area contributed by atoms with E-state index in [0.717, 1.165) is 10.6 Å². The predicted molar refractivity (Wildman–Crippen MR) is 53.2 cm³/mol. The summed E-state index contributed by atoms with van der Waals surface area (Å²) in [7, 11) is 0. The molecule has 0 aromatic carbocycles. The standard InChI is InChI=1S/C9H14N2S/c1-6(2)4-8(10)9-7(3)11-5-12-9/h4-5,8H,10H2,1-3H3. The zero-order chi connectivity index (χ0) is 9.14. The summed E-state index contributed by atoms with van der Waals surface area (Å²) in [6, 6.07) is 0.0162. The predicted octanol–water partition coefficient (Wildman–Crippen LogP) is 2.42. The van der Waals surface area contributed by atoms with Gasteiger partial charge in [0, 0.05) is 4.88 Å². The largest absolute Gasteiger partial charge is 0.320 e. The monoisotopic (exact) mass is 182 g/mol. The summed E-state index contributed by atoms with van der Waals surface area (Å²) in [6.45, 7) is 6.09. The first-order valence-corrected chi connectivity index (χ1v) is 4.80. The van der Waals surface area contributed by atoms with E-state index < -0.39 is 0 Å². The number of nitrogens with zero attached hydrogens (tertiary/aromatic N) is 1. The van der Waals surface area contributed by atoms with Crippen molar-refractivity contribution in [2.45, 2.75) is 26.8 Å². The number of rotatable bonds is 2. The van der Waals surface area contributed by atoms with Crippen LogP contribution in [0.5, 0.6) is 0 Å². The summed E-state index contributed by atoms with van der Waals surface area (Å²) in [5.74, 6) is 0. The zero-order valence-corrected chi connectivity index (χ0v) is 8.48. The van der Waals surface area contributed by atoms with E-state index in [2.05, 4.69) is 24.9 Å². The van der Waals surface area contributed by atoms with Crippen LogP contribution in [0.3, 0.4) is 0 Å². The lowest BCUT2D eigenvalue weighted by molar-refractivity contribution is 0.904. The molecule has 0 saturated heterocycles. The van der Waals surface area contributed by atoms with Crippen molar-refractivity contribution in [2.75, 3.05) is 0 Å². The van der Waals surface area contributed by atoms with Gasteiger partial charge in [0.15, 0.2) is 0 Å². The molecule has 0 amide bonds. The fourth-order valence-corrected chi connectivity index (χ4v) is 1.84. The molecule has 1 rings (SSSR count). The van der Waals surface area contributed by atoms with Crippen LogP contribution in [0.1, 0.15) is 30.5 Å². The van der Waals surface area contributed by atoms with Gasteiger partial charge in [-0.3, -0.25) is 0 Å². The summed E-state index contributed by atoms with van der Waals surface area (Å²) >= 11 is 1.62. The van der Waals surface area contributed by atoms with E-state index in [-0.39, 0.29) is 6.04 Å². The molecular weight excluding hydrogens is 168 g/mol. The number of aromatic nitrogens is 1. The molecule has 2 N–H and O–H groups in total. The quantitative estimate of drug-likeness (QED) is 0.713. The first kappa shape index (κ1) is 9.42. The minimum atomic E-state index is 0.0162. The Morgan fingerprint density at radius 1 is 1.67 bits per heavy atom. The Hall–Kier alpha value is -0.670. The van der Waals surface area contributed by atoms with Gasteiger partial charge in [0.25, 0.3) is 0 Å². The van der Waals surface area contributed by atoms with Crippen LogP contribution < -0.4 is 5.73 Å². The Balaban J connectivity index is 2.85. The molecule has 1 unspecified atom stereocenters. The summed E-state index contributed by atoms with van der Waals surface area (Å²) in [6.07, 6.45) is 2.06. The van der Waals surface area contributed by atoms with Gasteiger partial charge in [-0.15, -0.1) is 11.3 Å². The van der Waals surface area contributed by atoms with Gasteiger partial charge >= 0.3 is 0 Å². The van der Waals surface area contributed by atoms with Gasteiger partial charge in [0.05, 0.1) is 17.2 Å². The highest BCUT2D eigenvalue weighted by atomic mass is 32.1. The number of hydrogen-bond acceptors (Lipinski definition) is 3. The molecule has 1 aromatic heterocycles. The lowest BCUT2D eigenvalue weighted by Gasteiger charge is -2.04. The SMILES string of the molecule is CC(C)=CC(N)c1scnc1C. The second-order valence-corrected chi connectivity index (χ2v) is 3.96. The van der Waals surface area contributed by atoms with E-state index in [9.17, 15) is 0 Å². The van der Waals surface area contributed by atoms with E-state index in [1.54, 1.807) is 11.3 Å². The van der Waals surface area contributed by atoms with Crippen LogP contribution in [0.4, 0.5) is 0 Å². The average Bonchev–Trinajstić information content (AvgIpc) is 2.33. The highest BCUT2D eigenvalue weighted by Crippen LogP contribution is 2.21. The van der Waals surface area contributed by atoms with Crippen molar-refractivity contribution < 1.29 is 0 Å². The highest BCUT2D eigenvalue weighted by molar-refractivity contribution is 7.09. The van der Waals surface area contributed by atoms with Crippen molar-refractivity contribution in [3.8, 4) is 0 Å². The first-order chi connectivity index (χ1) is 5.61. The second kappa shape index (κ2) is 3.83. The number of aryl methyl sites for hydroxylation is 1. The third kappa shape index (κ3) is 2.16. The molecule has 3 heteroatoms. The van der Waals surface area contributed by atoms with Gasteiger partial charge in [-0.25, -0.2) is 4.98 Å². The van der Waals surface area contributed by atoms with Gasteiger partial charge in [0.1, 0.15) is 0 Å². The molecule has 0 aliphatic heterocycles. The maximum Gasteiger partial charge on any atom is 0.0798 e. The number of hydrogen-bond donors (Lipinski definition) is 1. The van der Waals surface area contributed by atoms with Gasteiger partial charge in [0.2, 0.25) is 0 Å². The van der Waals surface area contributed by atoms with E-state index in [1.165, 1.54) is 5.57 Å². The van der Waals surface area contributed by atoms with Crippen molar-refractivity contribution in [2.24, 2.45) is 5.73 Å². The average molecular weight is 182 g/mol. The minimum absolute atomic E-state index is 0.0162. The molecular formula is C9H14N2S. The first-order valence-electron chi connectivity index (χ1n) is 3.92. The normalized spacial score (nSPS) is 12.7. The van der Waals surface area contributed by atoms with Crippen LogP contribution >= 0.6 is 11.3 Å². The zero-order valence-electron chi connectivity index (χ0n) is 7.66. The Morgan fingerprint density at radius 2 is 2.33 bits per heavy atom. The summed E-state index contributed by atoms with van der Waals surface area (Å²) in [4.78, 5) is 5.32. The number of thiazole rings is 1. The molecule has 12 heavy (non-hydrogen) atoms. The Labute approximate surface area is 77.1 Å². The lowest BCUT2D eigenvalue weighted by atomic mass is 10.1. The van der Waals surface area contributed by atoms with E-state index in [0.29, 0.717) is 0 Å². The third-order valence-corrected chi connectivity index (χ3v) is 2.63. The van der Waals surface area contributed by atoms with Gasteiger partial charge < -0.3 is 5.73 Å². The summed E-state index contributed by atoms with van der Waals surface area (Å²) in [5.41, 5.74) is 10.1. The molecule has 0 saturated carbocycles. The van der Waals surface area contributed by atoms with Crippen LogP contribution in [0.15, 0.2) is 17.2 Å². The topological polar surface area (TPSA) is 38.9 Å². The van der Waals surface area contributed by atoms with Crippen LogP contribution in [-0.2, 0) is 0 Å². The van der Waals surface area contributed by atoms with Gasteiger partial charge in [-0.05, 0) is 20.8 Å². The number of allylic oxidation sites excluding steroid dienone is 1. The maximum absolute atomic E-state index is 5.94. The highest BCUT2D eigenvalue weighted by Gasteiger charge is 2.07. The third-order valence-electron chi connectivity index (χ3n) is 1.60. The molecule has 0 aliphatic carbocycles. The smallest absolute Gasteiger partial charge is 0.0798 e. The molecule has 0 radical (unpaired) electrons. The fourth-order valence-electron chi connectivity index (χ4n) is 1.07. The molecule has 1 aromatic rings. The minimum Gasteiger partial charge on any atom is -0.320 e. The Bertz CT molecular complexity index is 284. The van der Waals surface area contributed by atoms with E-state index in [4.69, 9.17) is 5.73 Å². The van der Waals surface area contributed by atoms with Crippen LogP contribution in [0, 0.1) is 6.92 Å². The maximum atomic E-state index is 5.94. The van der Waals surface area contributed by atoms with E-state index in [1.807, 2.05) is 12.4 Å². The molecule has 2 nitrogen and oxygen atoms in total.